The SMILES string of the molecule is CC1(C)C2=C(CN1C(=O)OCc1ccccc1)C(N)NN2. The minimum absolute atomic E-state index is 0.258. The summed E-state index contributed by atoms with van der Waals surface area (Å²) in [4.78, 5) is 14.1. The van der Waals surface area contributed by atoms with Crippen LogP contribution in [0.15, 0.2) is 41.6 Å². The molecule has 21 heavy (non-hydrogen) atoms. The van der Waals surface area contributed by atoms with Gasteiger partial charge in [0.05, 0.1) is 23.9 Å². The van der Waals surface area contributed by atoms with Crippen LogP contribution in [0.5, 0.6) is 0 Å². The van der Waals surface area contributed by atoms with Crippen LogP contribution in [0, 0.1) is 0 Å². The minimum Gasteiger partial charge on any atom is -0.445 e. The van der Waals surface area contributed by atoms with E-state index >= 15 is 0 Å². The average molecular weight is 288 g/mol. The summed E-state index contributed by atoms with van der Waals surface area (Å²) in [6, 6.07) is 9.65. The summed E-state index contributed by atoms with van der Waals surface area (Å²) in [7, 11) is 0. The fourth-order valence-electron chi connectivity index (χ4n) is 2.79. The Hall–Kier alpha value is -2.05. The van der Waals surface area contributed by atoms with Crippen molar-refractivity contribution in [3.63, 3.8) is 0 Å². The molecule has 1 aromatic carbocycles. The fraction of sp³-hybridized carbons (Fsp3) is 0.400. The van der Waals surface area contributed by atoms with Crippen LogP contribution >= 0.6 is 0 Å². The Morgan fingerprint density at radius 1 is 1.43 bits per heavy atom. The molecular weight excluding hydrogens is 268 g/mol. The highest BCUT2D eigenvalue weighted by atomic mass is 16.6. The maximum absolute atomic E-state index is 12.4. The molecule has 0 saturated carbocycles. The standard InChI is InChI=1S/C15H20N4O2/c1-15(2)12-11(13(16)18-17-12)8-19(15)14(20)21-9-10-6-4-3-5-7-10/h3-7,13,17-18H,8-9,16H2,1-2H3. The van der Waals surface area contributed by atoms with Crippen LogP contribution in [0.25, 0.3) is 0 Å². The summed E-state index contributed by atoms with van der Waals surface area (Å²) in [5.74, 6) is 0. The third-order valence-corrected chi connectivity index (χ3v) is 4.09. The second kappa shape index (κ2) is 5.05. The number of carbonyl (C=O) groups is 1. The van der Waals surface area contributed by atoms with Crippen molar-refractivity contribution < 1.29 is 9.53 Å². The maximum atomic E-state index is 12.4. The lowest BCUT2D eigenvalue weighted by atomic mass is 10.0. The number of amides is 1. The van der Waals surface area contributed by atoms with Crippen LogP contribution in [-0.4, -0.2) is 29.2 Å². The number of carbonyl (C=O) groups excluding carboxylic acids is 1. The number of hydrazine groups is 1. The Morgan fingerprint density at radius 3 is 2.81 bits per heavy atom. The van der Waals surface area contributed by atoms with Gasteiger partial charge in [0.1, 0.15) is 6.61 Å². The van der Waals surface area contributed by atoms with Gasteiger partial charge in [0.15, 0.2) is 0 Å². The zero-order valence-corrected chi connectivity index (χ0v) is 12.2. The van der Waals surface area contributed by atoms with Crippen molar-refractivity contribution >= 4 is 6.09 Å². The first-order valence-electron chi connectivity index (χ1n) is 6.99. The van der Waals surface area contributed by atoms with Gasteiger partial charge in [-0.3, -0.25) is 4.90 Å². The van der Waals surface area contributed by atoms with Crippen molar-refractivity contribution in [1.29, 1.82) is 0 Å². The number of hydrogen-bond acceptors (Lipinski definition) is 5. The molecule has 4 N–H and O–H groups in total. The lowest BCUT2D eigenvalue weighted by molar-refractivity contribution is 0.0756. The zero-order valence-electron chi connectivity index (χ0n) is 12.2. The van der Waals surface area contributed by atoms with E-state index in [0.29, 0.717) is 6.54 Å². The molecule has 1 aromatic rings. The van der Waals surface area contributed by atoms with Crippen LogP contribution < -0.4 is 16.6 Å². The van der Waals surface area contributed by atoms with Crippen molar-refractivity contribution in [2.75, 3.05) is 6.54 Å². The highest BCUT2D eigenvalue weighted by Crippen LogP contribution is 2.35. The molecule has 0 bridgehead atoms. The summed E-state index contributed by atoms with van der Waals surface area (Å²) in [6.07, 6.45) is -0.585. The molecule has 2 aliphatic heterocycles. The van der Waals surface area contributed by atoms with Gasteiger partial charge in [-0.05, 0) is 19.4 Å². The highest BCUT2D eigenvalue weighted by Gasteiger charge is 2.47. The van der Waals surface area contributed by atoms with E-state index in [9.17, 15) is 4.79 Å². The summed E-state index contributed by atoms with van der Waals surface area (Å²) in [5, 5.41) is 0. The average Bonchev–Trinajstić information content (AvgIpc) is 2.96. The molecule has 3 rings (SSSR count). The highest BCUT2D eigenvalue weighted by molar-refractivity contribution is 5.71. The Balaban J connectivity index is 1.67. The molecule has 0 saturated heterocycles. The third-order valence-electron chi connectivity index (χ3n) is 4.09. The molecule has 0 radical (unpaired) electrons. The topological polar surface area (TPSA) is 79.6 Å². The van der Waals surface area contributed by atoms with Gasteiger partial charge < -0.3 is 15.9 Å². The predicted octanol–water partition coefficient (Wildman–Crippen LogP) is 1.06. The van der Waals surface area contributed by atoms with Crippen molar-refractivity contribution in [1.82, 2.24) is 15.8 Å². The number of benzene rings is 1. The Morgan fingerprint density at radius 2 is 2.14 bits per heavy atom. The van der Waals surface area contributed by atoms with Crippen LogP contribution in [0.2, 0.25) is 0 Å². The second-order valence-corrected chi connectivity index (χ2v) is 5.83. The fourth-order valence-corrected chi connectivity index (χ4v) is 2.79. The van der Waals surface area contributed by atoms with Crippen LogP contribution in [-0.2, 0) is 11.3 Å². The first-order valence-corrected chi connectivity index (χ1v) is 6.99. The molecule has 0 aromatic heterocycles. The Labute approximate surface area is 123 Å². The molecule has 0 fully saturated rings. The lowest BCUT2D eigenvalue weighted by Crippen LogP contribution is -2.52. The minimum atomic E-state index is -0.454. The van der Waals surface area contributed by atoms with Crippen molar-refractivity contribution in [2.45, 2.75) is 32.2 Å². The van der Waals surface area contributed by atoms with E-state index in [-0.39, 0.29) is 18.9 Å². The molecule has 2 aliphatic rings. The molecule has 0 aliphatic carbocycles. The van der Waals surface area contributed by atoms with Crippen LogP contribution in [0.1, 0.15) is 19.4 Å². The Kier molecular flexibility index (Phi) is 3.35. The summed E-state index contributed by atoms with van der Waals surface area (Å²) >= 11 is 0. The molecule has 1 atom stereocenters. The van der Waals surface area contributed by atoms with Crippen LogP contribution in [0.3, 0.4) is 0 Å². The number of nitrogens with two attached hydrogens (primary N) is 1. The molecule has 112 valence electrons. The molecule has 6 heteroatoms. The van der Waals surface area contributed by atoms with Gasteiger partial charge >= 0.3 is 6.09 Å². The first-order chi connectivity index (χ1) is 10.00. The first kappa shape index (κ1) is 13.9. The quantitative estimate of drug-likeness (QED) is 0.758. The molecule has 0 spiro atoms. The molecular formula is C15H20N4O2. The van der Waals surface area contributed by atoms with Crippen molar-refractivity contribution in [3.05, 3.63) is 47.2 Å². The van der Waals surface area contributed by atoms with Gasteiger partial charge in [-0.1, -0.05) is 30.3 Å². The number of rotatable bonds is 2. The summed E-state index contributed by atoms with van der Waals surface area (Å²) in [5.41, 5.74) is 14.5. The van der Waals surface area contributed by atoms with Crippen molar-refractivity contribution in [3.8, 4) is 0 Å². The molecule has 1 amide bonds. The van der Waals surface area contributed by atoms with Gasteiger partial charge in [0, 0.05) is 5.57 Å². The Bertz CT molecular complexity index is 583. The van der Waals surface area contributed by atoms with E-state index in [2.05, 4.69) is 10.9 Å². The molecule has 1 unspecified atom stereocenters. The summed E-state index contributed by atoms with van der Waals surface area (Å²) < 4.78 is 5.42. The van der Waals surface area contributed by atoms with E-state index in [1.165, 1.54) is 0 Å². The van der Waals surface area contributed by atoms with E-state index < -0.39 is 5.54 Å². The lowest BCUT2D eigenvalue weighted by Gasteiger charge is -2.34. The van der Waals surface area contributed by atoms with E-state index in [4.69, 9.17) is 10.5 Å². The van der Waals surface area contributed by atoms with Crippen LogP contribution in [0.4, 0.5) is 4.79 Å². The number of nitrogens with zero attached hydrogens (tertiary/aromatic N) is 1. The predicted molar refractivity (Wildman–Crippen MR) is 78.7 cm³/mol. The van der Waals surface area contributed by atoms with Gasteiger partial charge in [-0.15, -0.1) is 0 Å². The smallest absolute Gasteiger partial charge is 0.411 e. The van der Waals surface area contributed by atoms with E-state index in [0.717, 1.165) is 16.8 Å². The van der Waals surface area contributed by atoms with Gasteiger partial charge in [0.2, 0.25) is 0 Å². The van der Waals surface area contributed by atoms with E-state index in [1.54, 1.807) is 4.90 Å². The number of hydrogen-bond donors (Lipinski definition) is 3. The van der Waals surface area contributed by atoms with Gasteiger partial charge in [0.25, 0.3) is 0 Å². The van der Waals surface area contributed by atoms with Crippen molar-refractivity contribution in [2.24, 2.45) is 5.73 Å². The normalized spacial score (nSPS) is 23.0. The maximum Gasteiger partial charge on any atom is 0.411 e. The third kappa shape index (κ3) is 2.36. The van der Waals surface area contributed by atoms with Gasteiger partial charge in [-0.25, -0.2) is 10.2 Å². The monoisotopic (exact) mass is 288 g/mol. The number of nitrogens with one attached hydrogen (secondary N) is 2. The largest absolute Gasteiger partial charge is 0.445 e. The van der Waals surface area contributed by atoms with E-state index in [1.807, 2.05) is 44.2 Å². The number of ether oxygens (including phenoxy) is 1. The second-order valence-electron chi connectivity index (χ2n) is 5.83. The molecule has 6 nitrogen and oxygen atoms in total. The molecule has 2 heterocycles. The summed E-state index contributed by atoms with van der Waals surface area (Å²) in [6.45, 7) is 4.71. The zero-order chi connectivity index (χ0) is 15.0. The van der Waals surface area contributed by atoms with Gasteiger partial charge in [-0.2, -0.15) is 0 Å².